The van der Waals surface area contributed by atoms with Crippen molar-refractivity contribution in [2.45, 2.75) is 0 Å². The molecule has 0 aliphatic carbocycles. The second-order valence-corrected chi connectivity index (χ2v) is 3.82. The minimum absolute atomic E-state index is 0.0831. The van der Waals surface area contributed by atoms with Crippen molar-refractivity contribution in [3.8, 4) is 11.5 Å². The zero-order valence-corrected chi connectivity index (χ0v) is 9.89. The second-order valence-electron chi connectivity index (χ2n) is 2.96. The van der Waals surface area contributed by atoms with Crippen molar-refractivity contribution in [1.29, 1.82) is 0 Å². The van der Waals surface area contributed by atoms with Crippen molar-refractivity contribution in [2.24, 2.45) is 0 Å². The Labute approximate surface area is 93.8 Å². The molecule has 82 valence electrons. The van der Waals surface area contributed by atoms with Crippen molar-refractivity contribution in [3.05, 3.63) is 23.8 Å². The molecular weight excluding hydrogens is 212 g/mol. The van der Waals surface area contributed by atoms with Gasteiger partial charge in [0, 0.05) is 11.6 Å². The van der Waals surface area contributed by atoms with E-state index < -0.39 is 0 Å². The third-order valence-corrected chi connectivity index (χ3v) is 2.50. The average molecular weight is 226 g/mol. The Kier molecular flexibility index (Phi) is 4.49. The predicted octanol–water partition coefficient (Wildman–Crippen LogP) is 2.25. The molecule has 0 aliphatic rings. The number of thioether (sulfide) groups is 1. The second kappa shape index (κ2) is 5.66. The Morgan fingerprint density at radius 1 is 1.20 bits per heavy atom. The molecule has 0 radical (unpaired) electrons. The standard InChI is InChI=1S/C11H14O3S/c1-13-9-4-8(11(12)7-15-3)5-10(6-9)14-2/h4-6H,7H2,1-3H3. The van der Waals surface area contributed by atoms with E-state index in [4.69, 9.17) is 9.47 Å². The molecule has 0 spiro atoms. The lowest BCUT2D eigenvalue weighted by molar-refractivity contribution is 0.102. The molecule has 0 fully saturated rings. The van der Waals surface area contributed by atoms with Crippen LogP contribution in [0.25, 0.3) is 0 Å². The van der Waals surface area contributed by atoms with E-state index in [1.165, 1.54) is 11.8 Å². The van der Waals surface area contributed by atoms with Crippen molar-refractivity contribution < 1.29 is 14.3 Å². The molecule has 0 saturated heterocycles. The largest absolute Gasteiger partial charge is 0.497 e. The van der Waals surface area contributed by atoms with Gasteiger partial charge in [0.1, 0.15) is 11.5 Å². The number of ketones is 1. The van der Waals surface area contributed by atoms with Gasteiger partial charge in [-0.25, -0.2) is 0 Å². The molecule has 0 N–H and O–H groups in total. The van der Waals surface area contributed by atoms with Gasteiger partial charge >= 0.3 is 0 Å². The Hall–Kier alpha value is -1.16. The van der Waals surface area contributed by atoms with Gasteiger partial charge < -0.3 is 9.47 Å². The zero-order valence-electron chi connectivity index (χ0n) is 9.07. The van der Waals surface area contributed by atoms with E-state index in [-0.39, 0.29) is 5.78 Å². The van der Waals surface area contributed by atoms with E-state index in [1.807, 2.05) is 6.26 Å². The molecule has 0 aliphatic heterocycles. The van der Waals surface area contributed by atoms with E-state index in [9.17, 15) is 4.79 Å². The van der Waals surface area contributed by atoms with Crippen molar-refractivity contribution in [2.75, 3.05) is 26.2 Å². The quantitative estimate of drug-likeness (QED) is 0.721. The number of benzene rings is 1. The van der Waals surface area contributed by atoms with Crippen LogP contribution in [0, 0.1) is 0 Å². The van der Waals surface area contributed by atoms with Crippen LogP contribution in [0.5, 0.6) is 11.5 Å². The number of ether oxygens (including phenoxy) is 2. The van der Waals surface area contributed by atoms with Gasteiger partial charge in [-0.3, -0.25) is 4.79 Å². The highest BCUT2D eigenvalue weighted by molar-refractivity contribution is 7.99. The van der Waals surface area contributed by atoms with Crippen LogP contribution in [0.4, 0.5) is 0 Å². The first-order chi connectivity index (χ1) is 7.21. The van der Waals surface area contributed by atoms with Crippen molar-refractivity contribution in [3.63, 3.8) is 0 Å². The summed E-state index contributed by atoms with van der Waals surface area (Å²) in [6.45, 7) is 0. The molecule has 1 aromatic carbocycles. The molecule has 15 heavy (non-hydrogen) atoms. The van der Waals surface area contributed by atoms with Crippen molar-refractivity contribution in [1.82, 2.24) is 0 Å². The lowest BCUT2D eigenvalue weighted by atomic mass is 10.1. The number of rotatable bonds is 5. The Morgan fingerprint density at radius 3 is 2.13 bits per heavy atom. The monoisotopic (exact) mass is 226 g/mol. The van der Waals surface area contributed by atoms with Crippen molar-refractivity contribution >= 4 is 17.5 Å². The van der Waals surface area contributed by atoms with E-state index in [0.717, 1.165) is 0 Å². The summed E-state index contributed by atoms with van der Waals surface area (Å²) >= 11 is 1.50. The molecule has 0 aromatic heterocycles. The molecular formula is C11H14O3S. The molecule has 1 aromatic rings. The lowest BCUT2D eigenvalue weighted by Gasteiger charge is -2.07. The van der Waals surface area contributed by atoms with Gasteiger partial charge in [-0.2, -0.15) is 11.8 Å². The van der Waals surface area contributed by atoms with Gasteiger partial charge in [-0.05, 0) is 18.4 Å². The van der Waals surface area contributed by atoms with Crippen LogP contribution < -0.4 is 9.47 Å². The molecule has 0 amide bonds. The third kappa shape index (κ3) is 3.16. The maximum absolute atomic E-state index is 11.6. The molecule has 0 bridgehead atoms. The molecule has 1 rings (SSSR count). The number of carbonyl (C=O) groups excluding carboxylic acids is 1. The maximum Gasteiger partial charge on any atom is 0.172 e. The van der Waals surface area contributed by atoms with E-state index >= 15 is 0 Å². The van der Waals surface area contributed by atoms with E-state index in [2.05, 4.69) is 0 Å². The normalized spacial score (nSPS) is 9.80. The number of hydrogen-bond donors (Lipinski definition) is 0. The fourth-order valence-electron chi connectivity index (χ4n) is 1.18. The molecule has 4 heteroatoms. The van der Waals surface area contributed by atoms with Gasteiger partial charge in [-0.1, -0.05) is 0 Å². The first-order valence-electron chi connectivity index (χ1n) is 4.46. The summed E-state index contributed by atoms with van der Waals surface area (Å²) < 4.78 is 10.2. The topological polar surface area (TPSA) is 35.5 Å². The van der Waals surface area contributed by atoms with E-state index in [1.54, 1.807) is 32.4 Å². The Morgan fingerprint density at radius 2 is 1.73 bits per heavy atom. The molecule has 3 nitrogen and oxygen atoms in total. The number of methoxy groups -OCH3 is 2. The maximum atomic E-state index is 11.6. The molecule has 0 unspecified atom stereocenters. The van der Waals surface area contributed by atoms with Gasteiger partial charge in [-0.15, -0.1) is 0 Å². The summed E-state index contributed by atoms with van der Waals surface area (Å²) in [6.07, 6.45) is 1.90. The summed E-state index contributed by atoms with van der Waals surface area (Å²) in [6, 6.07) is 5.19. The first-order valence-corrected chi connectivity index (χ1v) is 5.86. The summed E-state index contributed by atoms with van der Waals surface area (Å²) in [4.78, 5) is 11.6. The lowest BCUT2D eigenvalue weighted by Crippen LogP contribution is -2.03. The van der Waals surface area contributed by atoms with E-state index in [0.29, 0.717) is 22.8 Å². The minimum Gasteiger partial charge on any atom is -0.497 e. The van der Waals surface area contributed by atoms with Crippen LogP contribution in [-0.4, -0.2) is 32.0 Å². The minimum atomic E-state index is 0.0831. The number of Topliss-reactive ketones (excluding diaryl/α,β-unsaturated/α-hetero) is 1. The van der Waals surface area contributed by atoms with Gasteiger partial charge in [0.25, 0.3) is 0 Å². The Bertz CT molecular complexity index is 327. The summed E-state index contributed by atoms with van der Waals surface area (Å²) in [5.41, 5.74) is 0.626. The number of carbonyl (C=O) groups is 1. The van der Waals surface area contributed by atoms with Gasteiger partial charge in [0.05, 0.1) is 20.0 Å². The highest BCUT2D eigenvalue weighted by Gasteiger charge is 2.08. The molecule has 0 heterocycles. The van der Waals surface area contributed by atoms with Crippen LogP contribution in [0.1, 0.15) is 10.4 Å². The smallest absolute Gasteiger partial charge is 0.172 e. The zero-order chi connectivity index (χ0) is 11.3. The fraction of sp³-hybridized carbons (Fsp3) is 0.364. The summed E-state index contributed by atoms with van der Waals surface area (Å²) in [7, 11) is 3.13. The molecule has 0 saturated carbocycles. The van der Waals surface area contributed by atoms with Crippen LogP contribution in [0.3, 0.4) is 0 Å². The SMILES string of the molecule is COc1cc(OC)cc(C(=O)CSC)c1. The van der Waals surface area contributed by atoms with Gasteiger partial charge in [0.15, 0.2) is 5.78 Å². The summed E-state index contributed by atoms with van der Waals surface area (Å²) in [5, 5.41) is 0. The van der Waals surface area contributed by atoms with Gasteiger partial charge in [0.2, 0.25) is 0 Å². The highest BCUT2D eigenvalue weighted by atomic mass is 32.2. The van der Waals surface area contributed by atoms with Crippen LogP contribution in [0.15, 0.2) is 18.2 Å². The fourth-order valence-corrected chi connectivity index (χ4v) is 1.61. The molecule has 0 atom stereocenters. The predicted molar refractivity (Wildman–Crippen MR) is 62.3 cm³/mol. The summed E-state index contributed by atoms with van der Waals surface area (Å²) in [5.74, 6) is 1.83. The Balaban J connectivity index is 3.01. The van der Waals surface area contributed by atoms with Crippen LogP contribution in [-0.2, 0) is 0 Å². The average Bonchev–Trinajstić information content (AvgIpc) is 2.28. The van der Waals surface area contributed by atoms with Crippen LogP contribution >= 0.6 is 11.8 Å². The first kappa shape index (κ1) is 11.9. The number of hydrogen-bond acceptors (Lipinski definition) is 4. The highest BCUT2D eigenvalue weighted by Crippen LogP contribution is 2.23. The van der Waals surface area contributed by atoms with Crippen LogP contribution in [0.2, 0.25) is 0 Å². The third-order valence-electron chi connectivity index (χ3n) is 1.95.